The molecular weight excluding hydrogens is 266 g/mol. The van der Waals surface area contributed by atoms with Gasteiger partial charge < -0.3 is 10.6 Å². The number of rotatable bonds is 6. The van der Waals surface area contributed by atoms with Crippen LogP contribution in [-0.4, -0.2) is 24.6 Å². The Kier molecular flexibility index (Phi) is 5.77. The molecule has 4 heteroatoms. The monoisotopic (exact) mass is 285 g/mol. The summed E-state index contributed by atoms with van der Waals surface area (Å²) >= 11 is 3.43. The van der Waals surface area contributed by atoms with Gasteiger partial charge in [-0.1, -0.05) is 13.3 Å². The van der Waals surface area contributed by atoms with E-state index in [1.165, 1.54) is 18.4 Å². The Labute approximate surface area is 106 Å². The fraction of sp³-hybridized carbons (Fsp3) is 0.583. The van der Waals surface area contributed by atoms with Gasteiger partial charge in [0.1, 0.15) is 5.82 Å². The van der Waals surface area contributed by atoms with Crippen molar-refractivity contribution in [2.24, 2.45) is 5.73 Å². The zero-order chi connectivity index (χ0) is 12.0. The maximum absolute atomic E-state index is 5.64. The number of nitrogens with zero attached hydrogens (tertiary/aromatic N) is 2. The Balaban J connectivity index is 2.82. The van der Waals surface area contributed by atoms with Crippen molar-refractivity contribution >= 4 is 21.7 Å². The molecule has 0 amide bonds. The number of unbranched alkanes of at least 4 members (excludes halogenated alkanes) is 1. The van der Waals surface area contributed by atoms with E-state index in [4.69, 9.17) is 5.73 Å². The van der Waals surface area contributed by atoms with Crippen LogP contribution in [0.15, 0.2) is 16.7 Å². The summed E-state index contributed by atoms with van der Waals surface area (Å²) in [6.07, 6.45) is 4.21. The SMILES string of the molecule is CCCCN(CCN)c1ncc(Br)cc1C. The second-order valence-corrected chi connectivity index (χ2v) is 4.84. The van der Waals surface area contributed by atoms with E-state index in [2.05, 4.69) is 45.7 Å². The molecule has 1 aromatic rings. The van der Waals surface area contributed by atoms with Gasteiger partial charge in [0.15, 0.2) is 0 Å². The van der Waals surface area contributed by atoms with Crippen molar-refractivity contribution in [3.63, 3.8) is 0 Å². The molecule has 1 rings (SSSR count). The molecule has 0 bridgehead atoms. The van der Waals surface area contributed by atoms with Gasteiger partial charge in [0, 0.05) is 30.3 Å². The van der Waals surface area contributed by atoms with E-state index in [1.807, 2.05) is 6.20 Å². The van der Waals surface area contributed by atoms with Crippen molar-refractivity contribution in [1.82, 2.24) is 4.98 Å². The third-order valence-corrected chi connectivity index (χ3v) is 2.93. The van der Waals surface area contributed by atoms with Gasteiger partial charge in [-0.15, -0.1) is 0 Å². The van der Waals surface area contributed by atoms with Crippen LogP contribution >= 0.6 is 15.9 Å². The first-order valence-corrected chi connectivity index (χ1v) is 6.55. The fourth-order valence-electron chi connectivity index (χ4n) is 1.69. The summed E-state index contributed by atoms with van der Waals surface area (Å²) < 4.78 is 1.02. The standard InChI is InChI=1S/C12H20BrN3/c1-3-4-6-16(7-5-14)12-10(2)8-11(13)9-15-12/h8-9H,3-7,14H2,1-2H3. The van der Waals surface area contributed by atoms with Crippen molar-refractivity contribution in [1.29, 1.82) is 0 Å². The summed E-state index contributed by atoms with van der Waals surface area (Å²) in [5, 5.41) is 0. The molecule has 0 unspecified atom stereocenters. The highest BCUT2D eigenvalue weighted by molar-refractivity contribution is 9.10. The Morgan fingerprint density at radius 1 is 1.44 bits per heavy atom. The highest BCUT2D eigenvalue weighted by Gasteiger charge is 2.09. The van der Waals surface area contributed by atoms with Crippen molar-refractivity contribution in [2.45, 2.75) is 26.7 Å². The molecule has 16 heavy (non-hydrogen) atoms. The number of nitrogens with two attached hydrogens (primary N) is 1. The number of hydrogen-bond donors (Lipinski definition) is 1. The van der Waals surface area contributed by atoms with Crippen LogP contribution in [0.3, 0.4) is 0 Å². The van der Waals surface area contributed by atoms with Crippen molar-refractivity contribution in [3.8, 4) is 0 Å². The van der Waals surface area contributed by atoms with Gasteiger partial charge in [0.25, 0.3) is 0 Å². The van der Waals surface area contributed by atoms with E-state index in [9.17, 15) is 0 Å². The number of anilines is 1. The summed E-state index contributed by atoms with van der Waals surface area (Å²) in [5.41, 5.74) is 6.83. The zero-order valence-corrected chi connectivity index (χ0v) is 11.6. The second kappa shape index (κ2) is 6.86. The van der Waals surface area contributed by atoms with Gasteiger partial charge in [-0.25, -0.2) is 4.98 Å². The molecule has 3 nitrogen and oxygen atoms in total. The van der Waals surface area contributed by atoms with Crippen molar-refractivity contribution in [3.05, 3.63) is 22.3 Å². The lowest BCUT2D eigenvalue weighted by molar-refractivity contribution is 0.705. The maximum atomic E-state index is 5.64. The molecule has 0 saturated heterocycles. The van der Waals surface area contributed by atoms with Crippen LogP contribution in [0.2, 0.25) is 0 Å². The lowest BCUT2D eigenvalue weighted by atomic mass is 10.2. The van der Waals surface area contributed by atoms with Gasteiger partial charge in [0.05, 0.1) is 0 Å². The van der Waals surface area contributed by atoms with E-state index in [0.29, 0.717) is 6.54 Å². The van der Waals surface area contributed by atoms with Crippen LogP contribution in [-0.2, 0) is 0 Å². The molecule has 0 radical (unpaired) electrons. The lowest BCUT2D eigenvalue weighted by Crippen LogP contribution is -2.31. The Morgan fingerprint density at radius 3 is 2.75 bits per heavy atom. The highest BCUT2D eigenvalue weighted by atomic mass is 79.9. The first kappa shape index (κ1) is 13.5. The summed E-state index contributed by atoms with van der Waals surface area (Å²) in [5.74, 6) is 1.06. The number of aromatic nitrogens is 1. The third-order valence-electron chi connectivity index (χ3n) is 2.50. The zero-order valence-electron chi connectivity index (χ0n) is 10.0. The quantitative estimate of drug-likeness (QED) is 0.874. The first-order chi connectivity index (χ1) is 7.69. The molecule has 0 saturated carbocycles. The average Bonchev–Trinajstić information content (AvgIpc) is 2.25. The van der Waals surface area contributed by atoms with E-state index in [1.54, 1.807) is 0 Å². The largest absolute Gasteiger partial charge is 0.355 e. The number of pyridine rings is 1. The predicted molar refractivity (Wildman–Crippen MR) is 72.8 cm³/mol. The minimum atomic E-state index is 0.668. The van der Waals surface area contributed by atoms with Crippen LogP contribution in [0.4, 0.5) is 5.82 Å². The number of hydrogen-bond acceptors (Lipinski definition) is 3. The molecule has 1 aromatic heterocycles. The summed E-state index contributed by atoms with van der Waals surface area (Å²) in [4.78, 5) is 6.74. The summed E-state index contributed by atoms with van der Waals surface area (Å²) in [7, 11) is 0. The minimum absolute atomic E-state index is 0.668. The van der Waals surface area contributed by atoms with Crippen molar-refractivity contribution in [2.75, 3.05) is 24.5 Å². The third kappa shape index (κ3) is 3.76. The van der Waals surface area contributed by atoms with Gasteiger partial charge in [-0.2, -0.15) is 0 Å². The Morgan fingerprint density at radius 2 is 2.19 bits per heavy atom. The van der Waals surface area contributed by atoms with E-state index >= 15 is 0 Å². The second-order valence-electron chi connectivity index (χ2n) is 3.92. The van der Waals surface area contributed by atoms with E-state index in [0.717, 1.165) is 23.4 Å². The fourth-order valence-corrected chi connectivity index (χ4v) is 2.14. The van der Waals surface area contributed by atoms with Gasteiger partial charge in [-0.05, 0) is 40.9 Å². The smallest absolute Gasteiger partial charge is 0.131 e. The summed E-state index contributed by atoms with van der Waals surface area (Å²) in [6.45, 7) is 6.85. The molecule has 0 aromatic carbocycles. The molecule has 0 aliphatic carbocycles. The Hall–Kier alpha value is -0.610. The number of aryl methyl sites for hydroxylation is 1. The maximum Gasteiger partial charge on any atom is 0.131 e. The van der Waals surface area contributed by atoms with Crippen molar-refractivity contribution < 1.29 is 0 Å². The average molecular weight is 286 g/mol. The van der Waals surface area contributed by atoms with E-state index < -0.39 is 0 Å². The van der Waals surface area contributed by atoms with Gasteiger partial charge in [-0.3, -0.25) is 0 Å². The molecular formula is C12H20BrN3. The highest BCUT2D eigenvalue weighted by Crippen LogP contribution is 2.20. The molecule has 0 fully saturated rings. The number of halogens is 1. The van der Waals surface area contributed by atoms with Gasteiger partial charge >= 0.3 is 0 Å². The van der Waals surface area contributed by atoms with Gasteiger partial charge in [0.2, 0.25) is 0 Å². The van der Waals surface area contributed by atoms with Crippen LogP contribution in [0.25, 0.3) is 0 Å². The van der Waals surface area contributed by atoms with Crippen LogP contribution in [0.1, 0.15) is 25.3 Å². The Bertz CT molecular complexity index is 328. The predicted octanol–water partition coefficient (Wildman–Crippen LogP) is 2.72. The molecule has 90 valence electrons. The minimum Gasteiger partial charge on any atom is -0.355 e. The lowest BCUT2D eigenvalue weighted by Gasteiger charge is -2.24. The topological polar surface area (TPSA) is 42.1 Å². The molecule has 0 aliphatic heterocycles. The summed E-state index contributed by atoms with van der Waals surface area (Å²) in [6, 6.07) is 2.10. The molecule has 2 N–H and O–H groups in total. The molecule has 1 heterocycles. The molecule has 0 spiro atoms. The van der Waals surface area contributed by atoms with Crippen LogP contribution in [0, 0.1) is 6.92 Å². The van der Waals surface area contributed by atoms with Crippen LogP contribution in [0.5, 0.6) is 0 Å². The normalized spacial score (nSPS) is 10.5. The van der Waals surface area contributed by atoms with E-state index in [-0.39, 0.29) is 0 Å². The first-order valence-electron chi connectivity index (χ1n) is 5.76. The molecule has 0 aliphatic rings. The molecule has 0 atom stereocenters. The van der Waals surface area contributed by atoms with Crippen LogP contribution < -0.4 is 10.6 Å².